The summed E-state index contributed by atoms with van der Waals surface area (Å²) in [7, 11) is 1.43. The minimum absolute atomic E-state index is 0.302. The first-order valence-electron chi connectivity index (χ1n) is 5.11. The van der Waals surface area contributed by atoms with Gasteiger partial charge < -0.3 is 14.9 Å². The summed E-state index contributed by atoms with van der Waals surface area (Å²) in [5.41, 5.74) is 0.733. The molecular formula is C12H13NO5. The third-order valence-electron chi connectivity index (χ3n) is 2.16. The van der Waals surface area contributed by atoms with Crippen LogP contribution in [-0.4, -0.2) is 35.0 Å². The van der Waals surface area contributed by atoms with E-state index in [1.165, 1.54) is 7.11 Å². The predicted molar refractivity (Wildman–Crippen MR) is 64.7 cm³/mol. The van der Waals surface area contributed by atoms with Crippen molar-refractivity contribution in [3.8, 4) is 5.75 Å². The van der Waals surface area contributed by atoms with E-state index in [1.54, 1.807) is 18.2 Å². The minimum atomic E-state index is -1.36. The fraction of sp³-hybridized carbons (Fsp3) is 0.250. The van der Waals surface area contributed by atoms with Crippen molar-refractivity contribution in [3.63, 3.8) is 0 Å². The number of carboxylic acids is 2. The van der Waals surface area contributed by atoms with Crippen LogP contribution in [0, 0.1) is 6.92 Å². The van der Waals surface area contributed by atoms with Crippen LogP contribution in [0.15, 0.2) is 23.2 Å². The minimum Gasteiger partial charge on any atom is -0.494 e. The first-order valence-corrected chi connectivity index (χ1v) is 5.11. The van der Waals surface area contributed by atoms with Gasteiger partial charge in [-0.15, -0.1) is 0 Å². The first-order chi connectivity index (χ1) is 8.43. The number of aliphatic carboxylic acids is 2. The smallest absolute Gasteiger partial charge is 0.350 e. The van der Waals surface area contributed by atoms with E-state index in [-0.39, 0.29) is 0 Å². The second kappa shape index (κ2) is 5.81. The number of aryl methyl sites for hydroxylation is 1. The van der Waals surface area contributed by atoms with Gasteiger partial charge in [0, 0.05) is 0 Å². The molecule has 0 saturated carbocycles. The quantitative estimate of drug-likeness (QED) is 0.775. The van der Waals surface area contributed by atoms with Crippen LogP contribution in [-0.2, 0) is 9.59 Å². The third-order valence-corrected chi connectivity index (χ3v) is 2.16. The van der Waals surface area contributed by atoms with Gasteiger partial charge in [-0.3, -0.25) is 4.79 Å². The molecule has 18 heavy (non-hydrogen) atoms. The lowest BCUT2D eigenvalue weighted by molar-refractivity contribution is -0.137. The summed E-state index contributed by atoms with van der Waals surface area (Å²) < 4.78 is 5.04. The number of rotatable bonds is 5. The van der Waals surface area contributed by atoms with Crippen LogP contribution in [0.4, 0.5) is 5.69 Å². The molecule has 0 amide bonds. The number of carbonyl (C=O) groups is 2. The zero-order valence-corrected chi connectivity index (χ0v) is 10.0. The van der Waals surface area contributed by atoms with Crippen molar-refractivity contribution in [2.24, 2.45) is 4.99 Å². The van der Waals surface area contributed by atoms with Gasteiger partial charge in [-0.1, -0.05) is 6.07 Å². The van der Waals surface area contributed by atoms with Crippen LogP contribution in [0.3, 0.4) is 0 Å². The Bertz CT molecular complexity index is 507. The molecule has 0 aliphatic heterocycles. The molecule has 0 bridgehead atoms. The molecule has 0 unspecified atom stereocenters. The maximum absolute atomic E-state index is 10.9. The molecule has 0 atom stereocenters. The fourth-order valence-electron chi connectivity index (χ4n) is 1.34. The third kappa shape index (κ3) is 3.58. The Balaban J connectivity index is 3.22. The van der Waals surface area contributed by atoms with Crippen LogP contribution in [0.1, 0.15) is 12.0 Å². The molecule has 1 rings (SSSR count). The van der Waals surface area contributed by atoms with E-state index < -0.39 is 24.1 Å². The number of aliphatic imine (C=N–C) groups is 1. The first kappa shape index (κ1) is 13.7. The summed E-state index contributed by atoms with van der Waals surface area (Å²) in [6, 6.07) is 5.06. The zero-order valence-electron chi connectivity index (χ0n) is 10.0. The van der Waals surface area contributed by atoms with Crippen LogP contribution in [0.5, 0.6) is 5.75 Å². The number of hydrogen-bond donors (Lipinski definition) is 2. The number of carboxylic acid groups (broad SMARTS) is 2. The Morgan fingerprint density at radius 1 is 1.33 bits per heavy atom. The highest BCUT2D eigenvalue weighted by molar-refractivity contribution is 6.39. The average molecular weight is 251 g/mol. The van der Waals surface area contributed by atoms with Crippen molar-refractivity contribution in [1.82, 2.24) is 0 Å². The monoisotopic (exact) mass is 251 g/mol. The van der Waals surface area contributed by atoms with Gasteiger partial charge in [0.1, 0.15) is 17.1 Å². The van der Waals surface area contributed by atoms with Crippen molar-refractivity contribution in [2.75, 3.05) is 7.11 Å². The maximum Gasteiger partial charge on any atom is 0.350 e. The normalized spacial score (nSPS) is 11.1. The van der Waals surface area contributed by atoms with Crippen molar-refractivity contribution in [1.29, 1.82) is 0 Å². The van der Waals surface area contributed by atoms with Crippen LogP contribution < -0.4 is 4.74 Å². The molecular weight excluding hydrogens is 238 g/mol. The lowest BCUT2D eigenvalue weighted by Crippen LogP contribution is -2.17. The summed E-state index contributed by atoms with van der Waals surface area (Å²) in [5.74, 6) is -2.21. The topological polar surface area (TPSA) is 96.2 Å². The molecule has 6 heteroatoms. The van der Waals surface area contributed by atoms with Gasteiger partial charge in [0.05, 0.1) is 13.5 Å². The standard InChI is InChI=1S/C12H13NO5/c1-7-3-4-10(18-2)8(5-7)13-9(12(16)17)6-11(14)15/h3-5H,6H2,1-2H3,(H,14,15)(H,16,17). The van der Waals surface area contributed by atoms with E-state index in [9.17, 15) is 9.59 Å². The van der Waals surface area contributed by atoms with Crippen molar-refractivity contribution in [2.45, 2.75) is 13.3 Å². The van der Waals surface area contributed by atoms with Gasteiger partial charge in [0.15, 0.2) is 0 Å². The van der Waals surface area contributed by atoms with E-state index in [1.807, 2.05) is 6.92 Å². The zero-order chi connectivity index (χ0) is 13.7. The summed E-state index contributed by atoms with van der Waals surface area (Å²) in [5, 5.41) is 17.5. The lowest BCUT2D eigenvalue weighted by Gasteiger charge is -2.06. The predicted octanol–water partition coefficient (Wildman–Crippen LogP) is 1.64. The Kier molecular flexibility index (Phi) is 4.42. The van der Waals surface area contributed by atoms with Gasteiger partial charge in [0.25, 0.3) is 0 Å². The van der Waals surface area contributed by atoms with Crippen LogP contribution in [0.25, 0.3) is 0 Å². The second-order valence-corrected chi connectivity index (χ2v) is 3.61. The molecule has 1 aromatic carbocycles. The molecule has 0 spiro atoms. The second-order valence-electron chi connectivity index (χ2n) is 3.61. The fourth-order valence-corrected chi connectivity index (χ4v) is 1.34. The summed E-state index contributed by atoms with van der Waals surface area (Å²) in [4.78, 5) is 25.3. The Hall–Kier alpha value is -2.37. The van der Waals surface area contributed by atoms with Gasteiger partial charge in [-0.05, 0) is 24.6 Å². The molecule has 0 fully saturated rings. The summed E-state index contributed by atoms with van der Waals surface area (Å²) >= 11 is 0. The number of hydrogen-bond acceptors (Lipinski definition) is 4. The van der Waals surface area contributed by atoms with E-state index in [0.29, 0.717) is 11.4 Å². The Morgan fingerprint density at radius 2 is 2.00 bits per heavy atom. The molecule has 0 heterocycles. The van der Waals surface area contributed by atoms with E-state index in [0.717, 1.165) is 5.56 Å². The Labute approximate surface area is 104 Å². The van der Waals surface area contributed by atoms with Crippen LogP contribution in [0.2, 0.25) is 0 Å². The molecule has 1 aromatic rings. The summed E-state index contributed by atoms with van der Waals surface area (Å²) in [6.45, 7) is 1.82. The largest absolute Gasteiger partial charge is 0.494 e. The molecule has 0 radical (unpaired) electrons. The van der Waals surface area contributed by atoms with E-state index >= 15 is 0 Å². The van der Waals surface area contributed by atoms with Gasteiger partial charge in [0.2, 0.25) is 0 Å². The molecule has 96 valence electrons. The number of ether oxygens (including phenoxy) is 1. The van der Waals surface area contributed by atoms with Crippen molar-refractivity contribution < 1.29 is 24.5 Å². The van der Waals surface area contributed by atoms with Crippen LogP contribution >= 0.6 is 0 Å². The highest BCUT2D eigenvalue weighted by Crippen LogP contribution is 2.28. The maximum atomic E-state index is 10.9. The molecule has 0 aliphatic rings. The SMILES string of the molecule is COc1ccc(C)cc1N=C(CC(=O)O)C(=O)O. The van der Waals surface area contributed by atoms with Gasteiger partial charge in [-0.2, -0.15) is 0 Å². The van der Waals surface area contributed by atoms with E-state index in [2.05, 4.69) is 4.99 Å². The van der Waals surface area contributed by atoms with Crippen molar-refractivity contribution >= 4 is 23.3 Å². The molecule has 0 saturated heterocycles. The highest BCUT2D eigenvalue weighted by Gasteiger charge is 2.15. The molecule has 0 aliphatic carbocycles. The van der Waals surface area contributed by atoms with Gasteiger partial charge in [-0.25, -0.2) is 9.79 Å². The summed E-state index contributed by atoms with van der Waals surface area (Å²) in [6.07, 6.45) is -0.646. The number of benzene rings is 1. The number of methoxy groups -OCH3 is 1. The lowest BCUT2D eigenvalue weighted by atomic mass is 10.2. The molecule has 0 aromatic heterocycles. The number of nitrogens with zero attached hydrogens (tertiary/aromatic N) is 1. The Morgan fingerprint density at radius 3 is 2.50 bits per heavy atom. The average Bonchev–Trinajstić information content (AvgIpc) is 2.27. The van der Waals surface area contributed by atoms with Crippen molar-refractivity contribution in [3.05, 3.63) is 23.8 Å². The molecule has 2 N–H and O–H groups in total. The molecule has 6 nitrogen and oxygen atoms in total. The van der Waals surface area contributed by atoms with Gasteiger partial charge >= 0.3 is 11.9 Å². The highest BCUT2D eigenvalue weighted by atomic mass is 16.5. The van der Waals surface area contributed by atoms with E-state index in [4.69, 9.17) is 14.9 Å².